The van der Waals surface area contributed by atoms with E-state index in [0.717, 1.165) is 12.8 Å². The number of Topliss-reactive ketones (excluding diaryl/α,β-unsaturated/α-hetero) is 1. The molecule has 2 rings (SSSR count). The lowest BCUT2D eigenvalue weighted by atomic mass is 10.0. The molecule has 0 aromatic heterocycles. The number of aryl methyl sites for hydroxylation is 1. The Labute approximate surface area is 130 Å². The number of hydrogen-bond donors (Lipinski definition) is 0. The van der Waals surface area contributed by atoms with Crippen molar-refractivity contribution in [1.82, 2.24) is 0 Å². The van der Waals surface area contributed by atoms with E-state index < -0.39 is 0 Å². The molecule has 0 spiro atoms. The van der Waals surface area contributed by atoms with E-state index in [1.54, 1.807) is 24.3 Å². The topological polar surface area (TPSA) is 43.4 Å². The lowest BCUT2D eigenvalue weighted by molar-refractivity contribution is -0.136. The molecule has 22 heavy (non-hydrogen) atoms. The maximum atomic E-state index is 11.8. The zero-order valence-electron chi connectivity index (χ0n) is 12.5. The summed E-state index contributed by atoms with van der Waals surface area (Å²) in [6.07, 6.45) is 2.60. The molecule has 0 radical (unpaired) electrons. The lowest BCUT2D eigenvalue weighted by Crippen LogP contribution is -2.10. The van der Waals surface area contributed by atoms with Gasteiger partial charge >= 0.3 is 5.97 Å². The van der Waals surface area contributed by atoms with Crippen LogP contribution in [0.2, 0.25) is 0 Å². The van der Waals surface area contributed by atoms with Crippen LogP contribution in [0.3, 0.4) is 0 Å². The van der Waals surface area contributed by atoms with E-state index in [9.17, 15) is 9.59 Å². The van der Waals surface area contributed by atoms with Crippen LogP contribution in [0.25, 0.3) is 0 Å². The van der Waals surface area contributed by atoms with Crippen LogP contribution in [-0.2, 0) is 16.0 Å². The molecule has 114 valence electrons. The maximum Gasteiger partial charge on any atom is 0.311 e. The summed E-state index contributed by atoms with van der Waals surface area (Å²) in [4.78, 5) is 23.4. The molecule has 0 amide bonds. The van der Waals surface area contributed by atoms with Crippen molar-refractivity contribution >= 4 is 11.8 Å². The Morgan fingerprint density at radius 3 is 2.09 bits per heavy atom. The first-order chi connectivity index (χ1) is 10.7. The van der Waals surface area contributed by atoms with Crippen molar-refractivity contribution in [3.8, 4) is 5.75 Å². The van der Waals surface area contributed by atoms with Crippen LogP contribution in [0.1, 0.15) is 31.2 Å². The number of para-hydroxylation sites is 1. The van der Waals surface area contributed by atoms with E-state index in [1.807, 2.05) is 24.3 Å². The van der Waals surface area contributed by atoms with Gasteiger partial charge in [-0.3, -0.25) is 9.59 Å². The molecule has 0 saturated heterocycles. The summed E-state index contributed by atoms with van der Waals surface area (Å²) in [5.74, 6) is 0.271. The fourth-order valence-electron chi connectivity index (χ4n) is 2.17. The van der Waals surface area contributed by atoms with Crippen molar-refractivity contribution in [2.75, 3.05) is 0 Å². The molecule has 0 N–H and O–H groups in total. The highest BCUT2D eigenvalue weighted by atomic mass is 16.5. The van der Waals surface area contributed by atoms with Gasteiger partial charge in [0.25, 0.3) is 0 Å². The van der Waals surface area contributed by atoms with Gasteiger partial charge in [0.15, 0.2) is 0 Å². The number of rotatable bonds is 8. The van der Waals surface area contributed by atoms with E-state index in [-0.39, 0.29) is 24.6 Å². The number of ether oxygens (including phenoxy) is 1. The second-order valence-corrected chi connectivity index (χ2v) is 5.16. The first-order valence-corrected chi connectivity index (χ1v) is 7.55. The van der Waals surface area contributed by atoms with E-state index >= 15 is 0 Å². The van der Waals surface area contributed by atoms with E-state index in [2.05, 4.69) is 12.1 Å². The van der Waals surface area contributed by atoms with Crippen LogP contribution in [0.4, 0.5) is 0 Å². The van der Waals surface area contributed by atoms with E-state index in [1.165, 1.54) is 5.56 Å². The average molecular weight is 296 g/mol. The van der Waals surface area contributed by atoms with Crippen molar-refractivity contribution in [3.63, 3.8) is 0 Å². The second-order valence-electron chi connectivity index (χ2n) is 5.16. The summed E-state index contributed by atoms with van der Waals surface area (Å²) in [5.41, 5.74) is 1.23. The van der Waals surface area contributed by atoms with Crippen LogP contribution >= 0.6 is 0 Å². The Kier molecular flexibility index (Phi) is 6.37. The third-order valence-corrected chi connectivity index (χ3v) is 3.35. The molecule has 2 aromatic rings. The number of hydrogen-bond acceptors (Lipinski definition) is 3. The van der Waals surface area contributed by atoms with Crippen LogP contribution < -0.4 is 4.74 Å². The number of benzene rings is 2. The molecule has 0 saturated carbocycles. The van der Waals surface area contributed by atoms with Crippen molar-refractivity contribution in [2.24, 2.45) is 0 Å². The minimum Gasteiger partial charge on any atom is -0.427 e. The van der Waals surface area contributed by atoms with Gasteiger partial charge in [-0.1, -0.05) is 48.5 Å². The predicted octanol–water partition coefficient (Wildman–Crippen LogP) is 3.96. The molecular formula is C19H20O3. The Morgan fingerprint density at radius 2 is 1.41 bits per heavy atom. The van der Waals surface area contributed by atoms with E-state index in [0.29, 0.717) is 12.2 Å². The first kappa shape index (κ1) is 16.0. The van der Waals surface area contributed by atoms with Crippen LogP contribution in [0.15, 0.2) is 60.7 Å². The molecule has 0 bridgehead atoms. The van der Waals surface area contributed by atoms with Crippen molar-refractivity contribution in [3.05, 3.63) is 66.2 Å². The molecule has 3 heteroatoms. The molecule has 0 unspecified atom stereocenters. The Morgan fingerprint density at radius 1 is 0.773 bits per heavy atom. The minimum absolute atomic E-state index is 0.112. The number of esters is 1. The molecule has 2 aromatic carbocycles. The monoisotopic (exact) mass is 296 g/mol. The quantitative estimate of drug-likeness (QED) is 0.547. The zero-order chi connectivity index (χ0) is 15.6. The summed E-state index contributed by atoms with van der Waals surface area (Å²) in [6, 6.07) is 19.0. The smallest absolute Gasteiger partial charge is 0.311 e. The molecule has 3 nitrogen and oxygen atoms in total. The van der Waals surface area contributed by atoms with Gasteiger partial charge in [-0.25, -0.2) is 0 Å². The zero-order valence-corrected chi connectivity index (χ0v) is 12.5. The largest absolute Gasteiger partial charge is 0.427 e. The van der Waals surface area contributed by atoms with Crippen LogP contribution in [0.5, 0.6) is 5.75 Å². The lowest BCUT2D eigenvalue weighted by Gasteiger charge is -2.04. The van der Waals surface area contributed by atoms with Gasteiger partial charge < -0.3 is 4.74 Å². The third-order valence-electron chi connectivity index (χ3n) is 3.35. The third kappa shape index (κ3) is 5.92. The fraction of sp³-hybridized carbons (Fsp3) is 0.263. The highest BCUT2D eigenvalue weighted by Crippen LogP contribution is 2.11. The molecule has 0 atom stereocenters. The summed E-state index contributed by atoms with van der Waals surface area (Å²) >= 11 is 0. The minimum atomic E-state index is -0.359. The number of carbonyl (C=O) groups is 2. The number of ketones is 1. The summed E-state index contributed by atoms with van der Waals surface area (Å²) < 4.78 is 5.15. The van der Waals surface area contributed by atoms with Crippen molar-refractivity contribution in [2.45, 2.75) is 32.1 Å². The van der Waals surface area contributed by atoms with E-state index in [4.69, 9.17) is 4.74 Å². The van der Waals surface area contributed by atoms with Crippen LogP contribution in [-0.4, -0.2) is 11.8 Å². The van der Waals surface area contributed by atoms with Crippen molar-refractivity contribution < 1.29 is 14.3 Å². The maximum absolute atomic E-state index is 11.8. The summed E-state index contributed by atoms with van der Waals surface area (Å²) in [5, 5.41) is 0. The highest BCUT2D eigenvalue weighted by molar-refractivity contribution is 5.83. The Hall–Kier alpha value is -2.42. The molecule has 0 aliphatic heterocycles. The normalized spacial score (nSPS) is 10.2. The van der Waals surface area contributed by atoms with Gasteiger partial charge in [-0.2, -0.15) is 0 Å². The van der Waals surface area contributed by atoms with Gasteiger partial charge in [-0.15, -0.1) is 0 Å². The van der Waals surface area contributed by atoms with Crippen molar-refractivity contribution in [1.29, 1.82) is 0 Å². The standard InChI is InChI=1S/C19H20O3/c20-17(11-7-10-16-8-3-1-4-9-16)14-15-19(21)22-18-12-5-2-6-13-18/h1-6,8-9,12-13H,7,10-11,14-15H2. The molecule has 0 aliphatic rings. The molecule has 0 aliphatic carbocycles. The summed E-state index contributed by atoms with van der Waals surface area (Å²) in [6.45, 7) is 0. The van der Waals surface area contributed by atoms with Gasteiger partial charge in [-0.05, 0) is 30.5 Å². The fourth-order valence-corrected chi connectivity index (χ4v) is 2.17. The van der Waals surface area contributed by atoms with Gasteiger partial charge in [0, 0.05) is 12.8 Å². The highest BCUT2D eigenvalue weighted by Gasteiger charge is 2.09. The SMILES string of the molecule is O=C(CCCc1ccccc1)CCC(=O)Oc1ccccc1. The summed E-state index contributed by atoms with van der Waals surface area (Å²) in [7, 11) is 0. The molecular weight excluding hydrogens is 276 g/mol. The van der Waals surface area contributed by atoms with Gasteiger partial charge in [0.05, 0.1) is 6.42 Å². The van der Waals surface area contributed by atoms with Gasteiger partial charge in [0.1, 0.15) is 11.5 Å². The molecule has 0 fully saturated rings. The van der Waals surface area contributed by atoms with Gasteiger partial charge in [0.2, 0.25) is 0 Å². The second kappa shape index (κ2) is 8.78. The first-order valence-electron chi connectivity index (χ1n) is 7.55. The van der Waals surface area contributed by atoms with Crippen LogP contribution in [0, 0.1) is 0 Å². The Bertz CT molecular complexity index is 591. The number of carbonyl (C=O) groups excluding carboxylic acids is 2. The average Bonchev–Trinajstić information content (AvgIpc) is 2.55. The Balaban J connectivity index is 1.62. The molecule has 0 heterocycles. The predicted molar refractivity (Wildman–Crippen MR) is 85.7 cm³/mol.